The number of benzene rings is 1. The molecule has 2 heterocycles. The molecule has 1 aromatic carbocycles. The number of amides is 1. The zero-order valence-electron chi connectivity index (χ0n) is 14.2. The highest BCUT2D eigenvalue weighted by atomic mass is 16.5. The SMILES string of the molecule is CNC[C@@H]1CCCN1C(=O)c1cncc(-c2ccc(OC)cc2)c1. The smallest absolute Gasteiger partial charge is 0.255 e. The molecule has 1 aromatic heterocycles. The lowest BCUT2D eigenvalue weighted by Gasteiger charge is -2.24. The van der Waals surface area contributed by atoms with E-state index in [0.717, 1.165) is 42.8 Å². The van der Waals surface area contributed by atoms with Crippen LogP contribution in [0.15, 0.2) is 42.7 Å². The van der Waals surface area contributed by atoms with Crippen molar-refractivity contribution in [2.45, 2.75) is 18.9 Å². The number of carbonyl (C=O) groups excluding carboxylic acids is 1. The lowest BCUT2D eigenvalue weighted by atomic mass is 10.1. The Hall–Kier alpha value is -2.40. The molecular formula is C19H23N3O2. The lowest BCUT2D eigenvalue weighted by molar-refractivity contribution is 0.0736. The van der Waals surface area contributed by atoms with E-state index in [-0.39, 0.29) is 11.9 Å². The van der Waals surface area contributed by atoms with Crippen molar-refractivity contribution in [3.63, 3.8) is 0 Å². The van der Waals surface area contributed by atoms with Gasteiger partial charge in [-0.2, -0.15) is 0 Å². The minimum Gasteiger partial charge on any atom is -0.497 e. The van der Waals surface area contributed by atoms with E-state index in [1.165, 1.54) is 0 Å². The summed E-state index contributed by atoms with van der Waals surface area (Å²) in [5.41, 5.74) is 2.60. The highest BCUT2D eigenvalue weighted by Gasteiger charge is 2.29. The van der Waals surface area contributed by atoms with Crippen molar-refractivity contribution in [3.8, 4) is 16.9 Å². The summed E-state index contributed by atoms with van der Waals surface area (Å²) in [5, 5.41) is 3.17. The van der Waals surface area contributed by atoms with Crippen LogP contribution < -0.4 is 10.1 Å². The molecule has 0 unspecified atom stereocenters. The predicted octanol–water partition coefficient (Wildman–Crippen LogP) is 2.58. The van der Waals surface area contributed by atoms with Crippen LogP contribution in [0.5, 0.6) is 5.75 Å². The molecule has 1 amide bonds. The highest BCUT2D eigenvalue weighted by molar-refractivity contribution is 5.95. The number of nitrogens with one attached hydrogen (secondary N) is 1. The molecule has 0 radical (unpaired) electrons. The summed E-state index contributed by atoms with van der Waals surface area (Å²) in [7, 11) is 3.57. The van der Waals surface area contributed by atoms with Crippen LogP contribution in [0.2, 0.25) is 0 Å². The van der Waals surface area contributed by atoms with Gasteiger partial charge in [0.1, 0.15) is 5.75 Å². The second kappa shape index (κ2) is 7.45. The average Bonchev–Trinajstić information content (AvgIpc) is 3.10. The number of carbonyl (C=O) groups is 1. The quantitative estimate of drug-likeness (QED) is 0.918. The van der Waals surface area contributed by atoms with Crippen molar-refractivity contribution in [3.05, 3.63) is 48.3 Å². The fraction of sp³-hybridized carbons (Fsp3) is 0.368. The van der Waals surface area contributed by atoms with Gasteiger partial charge >= 0.3 is 0 Å². The second-order valence-corrected chi connectivity index (χ2v) is 6.04. The maximum absolute atomic E-state index is 12.9. The van der Waals surface area contributed by atoms with Gasteiger partial charge in [-0.25, -0.2) is 0 Å². The number of hydrogen-bond acceptors (Lipinski definition) is 4. The Bertz CT molecular complexity index is 700. The van der Waals surface area contributed by atoms with E-state index in [1.54, 1.807) is 19.5 Å². The molecule has 2 aromatic rings. The second-order valence-electron chi connectivity index (χ2n) is 6.04. The Kier molecular flexibility index (Phi) is 5.11. The Morgan fingerprint density at radius 3 is 2.79 bits per heavy atom. The molecule has 0 bridgehead atoms. The van der Waals surface area contributed by atoms with E-state index in [0.29, 0.717) is 5.56 Å². The van der Waals surface area contributed by atoms with Gasteiger partial charge in [-0.05, 0) is 43.7 Å². The first kappa shape index (κ1) is 16.5. The molecular weight excluding hydrogens is 302 g/mol. The van der Waals surface area contributed by atoms with E-state index in [2.05, 4.69) is 10.3 Å². The Labute approximate surface area is 142 Å². The number of aromatic nitrogens is 1. The normalized spacial score (nSPS) is 17.1. The van der Waals surface area contributed by atoms with Gasteiger partial charge in [-0.3, -0.25) is 9.78 Å². The van der Waals surface area contributed by atoms with Gasteiger partial charge in [0.05, 0.1) is 12.7 Å². The molecule has 1 aliphatic rings. The van der Waals surface area contributed by atoms with E-state index in [4.69, 9.17) is 4.74 Å². The van der Waals surface area contributed by atoms with Gasteiger partial charge < -0.3 is 15.0 Å². The summed E-state index contributed by atoms with van der Waals surface area (Å²) >= 11 is 0. The first-order valence-electron chi connectivity index (χ1n) is 8.28. The average molecular weight is 325 g/mol. The fourth-order valence-electron chi connectivity index (χ4n) is 3.21. The van der Waals surface area contributed by atoms with E-state index in [1.807, 2.05) is 42.3 Å². The third kappa shape index (κ3) is 3.41. The summed E-state index contributed by atoms with van der Waals surface area (Å²) in [6, 6.07) is 9.96. The number of methoxy groups -OCH3 is 1. The maximum Gasteiger partial charge on any atom is 0.255 e. The summed E-state index contributed by atoms with van der Waals surface area (Å²) < 4.78 is 5.19. The zero-order chi connectivity index (χ0) is 16.9. The first-order chi connectivity index (χ1) is 11.7. The summed E-state index contributed by atoms with van der Waals surface area (Å²) in [5.74, 6) is 0.876. The van der Waals surface area contributed by atoms with Crippen LogP contribution in [0, 0.1) is 0 Å². The van der Waals surface area contributed by atoms with Crippen molar-refractivity contribution < 1.29 is 9.53 Å². The van der Waals surface area contributed by atoms with Crippen LogP contribution in [-0.2, 0) is 0 Å². The minimum atomic E-state index is 0.0654. The maximum atomic E-state index is 12.9. The van der Waals surface area contributed by atoms with Crippen molar-refractivity contribution in [2.24, 2.45) is 0 Å². The molecule has 3 rings (SSSR count). The molecule has 1 aliphatic heterocycles. The van der Waals surface area contributed by atoms with Gasteiger partial charge in [-0.1, -0.05) is 12.1 Å². The molecule has 24 heavy (non-hydrogen) atoms. The molecule has 0 saturated carbocycles. The number of hydrogen-bond donors (Lipinski definition) is 1. The predicted molar refractivity (Wildman–Crippen MR) is 94.2 cm³/mol. The van der Waals surface area contributed by atoms with Crippen LogP contribution >= 0.6 is 0 Å². The monoisotopic (exact) mass is 325 g/mol. The molecule has 0 aliphatic carbocycles. The lowest BCUT2D eigenvalue weighted by Crippen LogP contribution is -2.40. The number of ether oxygens (including phenoxy) is 1. The van der Waals surface area contributed by atoms with Gasteiger partial charge in [0.15, 0.2) is 0 Å². The van der Waals surface area contributed by atoms with Gasteiger partial charge in [0.2, 0.25) is 0 Å². The Morgan fingerprint density at radius 2 is 2.08 bits per heavy atom. The van der Waals surface area contributed by atoms with Crippen LogP contribution in [0.4, 0.5) is 0 Å². The highest BCUT2D eigenvalue weighted by Crippen LogP contribution is 2.24. The van der Waals surface area contributed by atoms with Crippen molar-refractivity contribution >= 4 is 5.91 Å². The summed E-state index contributed by atoms with van der Waals surface area (Å²) in [4.78, 5) is 19.1. The minimum absolute atomic E-state index is 0.0654. The summed E-state index contributed by atoms with van der Waals surface area (Å²) in [6.45, 7) is 1.65. The Morgan fingerprint density at radius 1 is 1.29 bits per heavy atom. The standard InChI is InChI=1S/C19H23N3O2/c1-20-13-17-4-3-9-22(17)19(23)16-10-15(11-21-12-16)14-5-7-18(24-2)8-6-14/h5-8,10-12,17,20H,3-4,9,13H2,1-2H3/t17-/m0/s1. The number of pyridine rings is 1. The molecule has 0 spiro atoms. The Balaban J connectivity index is 1.82. The topological polar surface area (TPSA) is 54.5 Å². The number of rotatable bonds is 5. The van der Waals surface area contributed by atoms with Gasteiger partial charge in [0, 0.05) is 37.1 Å². The van der Waals surface area contributed by atoms with Crippen LogP contribution in [0.1, 0.15) is 23.2 Å². The summed E-state index contributed by atoms with van der Waals surface area (Å²) in [6.07, 6.45) is 5.56. The van der Waals surface area contributed by atoms with Crippen LogP contribution in [0.3, 0.4) is 0 Å². The van der Waals surface area contributed by atoms with Crippen molar-refractivity contribution in [2.75, 3.05) is 27.2 Å². The molecule has 1 atom stereocenters. The molecule has 1 N–H and O–H groups in total. The van der Waals surface area contributed by atoms with E-state index < -0.39 is 0 Å². The molecule has 126 valence electrons. The number of likely N-dealkylation sites (tertiary alicyclic amines) is 1. The van der Waals surface area contributed by atoms with Crippen molar-refractivity contribution in [1.29, 1.82) is 0 Å². The van der Waals surface area contributed by atoms with E-state index >= 15 is 0 Å². The third-order valence-electron chi connectivity index (χ3n) is 4.49. The van der Waals surface area contributed by atoms with Gasteiger partial charge in [0.25, 0.3) is 5.91 Å². The third-order valence-corrected chi connectivity index (χ3v) is 4.49. The van der Waals surface area contributed by atoms with Crippen LogP contribution in [-0.4, -0.2) is 49.1 Å². The number of nitrogens with zero attached hydrogens (tertiary/aromatic N) is 2. The largest absolute Gasteiger partial charge is 0.497 e. The molecule has 1 saturated heterocycles. The van der Waals surface area contributed by atoms with E-state index in [9.17, 15) is 4.79 Å². The fourth-order valence-corrected chi connectivity index (χ4v) is 3.21. The molecule has 1 fully saturated rings. The van der Waals surface area contributed by atoms with Gasteiger partial charge in [-0.15, -0.1) is 0 Å². The molecule has 5 heteroatoms. The first-order valence-corrected chi connectivity index (χ1v) is 8.28. The zero-order valence-corrected chi connectivity index (χ0v) is 14.2. The van der Waals surface area contributed by atoms with Crippen LogP contribution in [0.25, 0.3) is 11.1 Å². The van der Waals surface area contributed by atoms with Crippen molar-refractivity contribution in [1.82, 2.24) is 15.2 Å². The number of likely N-dealkylation sites (N-methyl/N-ethyl adjacent to an activating group) is 1. The molecule has 5 nitrogen and oxygen atoms in total.